The van der Waals surface area contributed by atoms with Crippen molar-refractivity contribution in [1.29, 1.82) is 5.26 Å². The van der Waals surface area contributed by atoms with Crippen LogP contribution in [0.25, 0.3) is 11.3 Å². The first-order chi connectivity index (χ1) is 22.7. The van der Waals surface area contributed by atoms with E-state index in [1.807, 2.05) is 37.3 Å². The van der Waals surface area contributed by atoms with Gasteiger partial charge in [0.25, 0.3) is 5.91 Å². The number of aromatic nitrogens is 2. The van der Waals surface area contributed by atoms with Crippen LogP contribution in [0.15, 0.2) is 48.7 Å². The van der Waals surface area contributed by atoms with Gasteiger partial charge in [0.1, 0.15) is 17.9 Å². The smallest absolute Gasteiger partial charge is 0.416 e. The maximum atomic E-state index is 14.1. The minimum Gasteiger partial charge on any atom is -0.489 e. The van der Waals surface area contributed by atoms with E-state index in [9.17, 15) is 23.2 Å². The molecular formula is C35H39F3N6O3. The molecule has 2 bridgehead atoms. The monoisotopic (exact) mass is 648 g/mol. The number of piperidine rings is 4. The second-order valence-electron chi connectivity index (χ2n) is 12.4. The first-order valence-electron chi connectivity index (χ1n) is 16.4. The van der Waals surface area contributed by atoms with Gasteiger partial charge < -0.3 is 24.6 Å². The molecule has 4 aliphatic heterocycles. The van der Waals surface area contributed by atoms with Gasteiger partial charge in [-0.3, -0.25) is 4.79 Å². The van der Waals surface area contributed by atoms with Crippen LogP contribution in [-0.2, 0) is 6.18 Å². The van der Waals surface area contributed by atoms with Gasteiger partial charge in [0, 0.05) is 44.2 Å². The maximum Gasteiger partial charge on any atom is 0.416 e. The zero-order valence-corrected chi connectivity index (χ0v) is 26.6. The van der Waals surface area contributed by atoms with Crippen LogP contribution in [0.1, 0.15) is 67.6 Å². The molecule has 4 saturated heterocycles. The molecule has 9 nitrogen and oxygen atoms in total. The van der Waals surface area contributed by atoms with Crippen LogP contribution in [0.2, 0.25) is 0 Å². The molecule has 1 N–H and O–H groups in total. The van der Waals surface area contributed by atoms with Gasteiger partial charge in [0.05, 0.1) is 34.7 Å². The Morgan fingerprint density at radius 1 is 1.11 bits per heavy atom. The molecule has 6 heterocycles. The quantitative estimate of drug-likeness (QED) is 0.298. The van der Waals surface area contributed by atoms with Crippen LogP contribution >= 0.6 is 0 Å². The van der Waals surface area contributed by atoms with Gasteiger partial charge in [0.2, 0.25) is 5.88 Å². The molecule has 248 valence electrons. The van der Waals surface area contributed by atoms with Crippen molar-refractivity contribution in [2.45, 2.75) is 70.3 Å². The third-order valence-electron chi connectivity index (χ3n) is 9.56. The number of halogens is 3. The highest BCUT2D eigenvalue weighted by Crippen LogP contribution is 2.37. The summed E-state index contributed by atoms with van der Waals surface area (Å²) < 4.78 is 51.6. The van der Waals surface area contributed by atoms with E-state index in [1.165, 1.54) is 6.07 Å². The molecule has 0 saturated carbocycles. The summed E-state index contributed by atoms with van der Waals surface area (Å²) in [4.78, 5) is 28.0. The van der Waals surface area contributed by atoms with Crippen molar-refractivity contribution in [3.05, 3.63) is 65.5 Å². The SMILES string of the molecule is CCOc1ncccc1-c1ccc(N2CC[C@@H](Oc3ccc(C(F)(F)F)cc3C#N)C[C@H]2CC)c(C(=O)N[C@@H]2CN3CCC2CC3)n1. The zero-order valence-electron chi connectivity index (χ0n) is 26.6. The highest BCUT2D eigenvalue weighted by Gasteiger charge is 2.37. The van der Waals surface area contributed by atoms with E-state index in [1.54, 1.807) is 6.20 Å². The third kappa shape index (κ3) is 7.00. The lowest BCUT2D eigenvalue weighted by molar-refractivity contribution is -0.137. The molecule has 0 aliphatic carbocycles. The Labute approximate surface area is 272 Å². The molecule has 0 radical (unpaired) electrons. The predicted octanol–water partition coefficient (Wildman–Crippen LogP) is 6.08. The fraction of sp³-hybridized carbons (Fsp3) is 0.486. The molecule has 4 aliphatic rings. The van der Waals surface area contributed by atoms with Crippen molar-refractivity contribution in [2.75, 3.05) is 37.7 Å². The number of hydrogen-bond donors (Lipinski definition) is 1. The number of fused-ring (bicyclic) bond motifs is 3. The van der Waals surface area contributed by atoms with Crippen LogP contribution in [0, 0.1) is 17.2 Å². The lowest BCUT2D eigenvalue weighted by Gasteiger charge is -2.45. The number of pyridine rings is 2. The summed E-state index contributed by atoms with van der Waals surface area (Å²) >= 11 is 0. The third-order valence-corrected chi connectivity index (χ3v) is 9.56. The average Bonchev–Trinajstić information content (AvgIpc) is 3.08. The van der Waals surface area contributed by atoms with Crippen molar-refractivity contribution in [1.82, 2.24) is 20.2 Å². The molecule has 47 heavy (non-hydrogen) atoms. The van der Waals surface area contributed by atoms with Crippen LogP contribution < -0.4 is 19.7 Å². The number of nitrogens with zero attached hydrogens (tertiary/aromatic N) is 5. The molecule has 3 aromatic rings. The summed E-state index contributed by atoms with van der Waals surface area (Å²) in [6.07, 6.45) is 0.757. The maximum absolute atomic E-state index is 14.1. The number of nitrogens with one attached hydrogen (secondary N) is 1. The van der Waals surface area contributed by atoms with Gasteiger partial charge in [0.15, 0.2) is 5.69 Å². The summed E-state index contributed by atoms with van der Waals surface area (Å²) in [6.45, 7) is 7.87. The van der Waals surface area contributed by atoms with E-state index in [-0.39, 0.29) is 35.4 Å². The summed E-state index contributed by atoms with van der Waals surface area (Å²) in [5.74, 6) is 0.805. The van der Waals surface area contributed by atoms with Crippen LogP contribution in [0.5, 0.6) is 11.6 Å². The Kier molecular flexibility index (Phi) is 9.55. The van der Waals surface area contributed by atoms with Gasteiger partial charge in [-0.2, -0.15) is 18.4 Å². The minimum absolute atomic E-state index is 0.0397. The number of hydrogen-bond acceptors (Lipinski definition) is 8. The summed E-state index contributed by atoms with van der Waals surface area (Å²) in [5, 5.41) is 12.9. The standard InChI is InChI=1S/C35H39F3N6O3/c1-3-25-19-26(47-31-10-7-24(35(36,37)38)18-23(31)20-39)13-17-44(25)30-9-8-28(27-6-5-14-40-34(27)46-4-2)41-32(30)33(45)42-29-21-43-15-11-22(29)12-16-43/h5-10,14,18,22,25-26,29H,3-4,11-13,15-17,19,21H2,1-2H3,(H,42,45)/t25-,26-,29-/m1/s1. The number of alkyl halides is 3. The first kappa shape index (κ1) is 32.6. The molecule has 3 atom stereocenters. The van der Waals surface area contributed by atoms with Crippen molar-refractivity contribution < 1.29 is 27.4 Å². The molecule has 0 spiro atoms. The average molecular weight is 649 g/mol. The van der Waals surface area contributed by atoms with Gasteiger partial charge in [-0.25, -0.2) is 9.97 Å². The molecule has 12 heteroatoms. The van der Waals surface area contributed by atoms with Crippen LogP contribution in [0.3, 0.4) is 0 Å². The Hall–Kier alpha value is -4.37. The van der Waals surface area contributed by atoms with E-state index < -0.39 is 11.7 Å². The van der Waals surface area contributed by atoms with Crippen LogP contribution in [-0.4, -0.2) is 71.7 Å². The Balaban J connectivity index is 1.28. The van der Waals surface area contributed by atoms with Gasteiger partial charge in [-0.15, -0.1) is 0 Å². The molecule has 1 amide bonds. The van der Waals surface area contributed by atoms with Crippen molar-refractivity contribution in [2.24, 2.45) is 5.92 Å². The lowest BCUT2D eigenvalue weighted by atomic mass is 9.84. The minimum atomic E-state index is -4.55. The van der Waals surface area contributed by atoms with Crippen molar-refractivity contribution in [3.8, 4) is 29.0 Å². The van der Waals surface area contributed by atoms with Gasteiger partial charge in [-0.05, 0) is 87.7 Å². The Morgan fingerprint density at radius 3 is 2.60 bits per heavy atom. The molecule has 2 aromatic heterocycles. The van der Waals surface area contributed by atoms with E-state index >= 15 is 0 Å². The fourth-order valence-corrected chi connectivity index (χ4v) is 7.10. The Morgan fingerprint density at radius 2 is 1.91 bits per heavy atom. The van der Waals surface area contributed by atoms with E-state index in [4.69, 9.17) is 14.5 Å². The first-order valence-corrected chi connectivity index (χ1v) is 16.4. The summed E-state index contributed by atoms with van der Waals surface area (Å²) in [6, 6.07) is 12.4. The van der Waals surface area contributed by atoms with Crippen molar-refractivity contribution >= 4 is 11.6 Å². The second kappa shape index (κ2) is 13.8. The number of benzene rings is 1. The predicted molar refractivity (Wildman–Crippen MR) is 170 cm³/mol. The summed E-state index contributed by atoms with van der Waals surface area (Å²) in [5.41, 5.74) is 1.29. The molecule has 1 aromatic carbocycles. The lowest BCUT2D eigenvalue weighted by Crippen LogP contribution is -2.57. The van der Waals surface area contributed by atoms with E-state index in [0.29, 0.717) is 60.4 Å². The molecule has 0 unspecified atom stereocenters. The van der Waals surface area contributed by atoms with E-state index in [0.717, 1.165) is 51.0 Å². The molecule has 4 fully saturated rings. The fourth-order valence-electron chi connectivity index (χ4n) is 7.10. The second-order valence-corrected chi connectivity index (χ2v) is 12.4. The number of ether oxygens (including phenoxy) is 2. The number of anilines is 1. The van der Waals surface area contributed by atoms with Crippen molar-refractivity contribution in [3.63, 3.8) is 0 Å². The van der Waals surface area contributed by atoms with Gasteiger partial charge in [-0.1, -0.05) is 6.92 Å². The number of nitriles is 1. The Bertz CT molecular complexity index is 1640. The number of carbonyl (C=O) groups is 1. The topological polar surface area (TPSA) is 104 Å². The zero-order chi connectivity index (χ0) is 33.1. The van der Waals surface area contributed by atoms with Gasteiger partial charge >= 0.3 is 6.18 Å². The number of carbonyl (C=O) groups excluding carboxylic acids is 1. The summed E-state index contributed by atoms with van der Waals surface area (Å²) in [7, 11) is 0. The number of amides is 1. The molecule has 7 rings (SSSR count). The molecular weight excluding hydrogens is 609 g/mol. The van der Waals surface area contributed by atoms with E-state index in [2.05, 4.69) is 27.0 Å². The van der Waals surface area contributed by atoms with Crippen LogP contribution in [0.4, 0.5) is 18.9 Å². The highest BCUT2D eigenvalue weighted by molar-refractivity contribution is 5.99. The highest BCUT2D eigenvalue weighted by atomic mass is 19.4. The number of rotatable bonds is 9. The largest absolute Gasteiger partial charge is 0.489 e. The normalized spacial score (nSPS) is 24.0.